The molecule has 0 bridgehead atoms. The Morgan fingerprint density at radius 3 is 2.49 bits per heavy atom. The van der Waals surface area contributed by atoms with Crippen LogP contribution in [0, 0.1) is 5.92 Å². The van der Waals surface area contributed by atoms with Crippen molar-refractivity contribution < 1.29 is 14.3 Å². The molecule has 4 aromatic rings. The Hall–Kier alpha value is -3.58. The highest BCUT2D eigenvalue weighted by Gasteiger charge is 2.29. The lowest BCUT2D eigenvalue weighted by atomic mass is 9.96. The number of aromatic nitrogens is 2. The predicted molar refractivity (Wildman–Crippen MR) is 158 cm³/mol. The number of carbonyl (C=O) groups excluding carboxylic acids is 2. The van der Waals surface area contributed by atoms with Crippen molar-refractivity contribution in [1.82, 2.24) is 20.2 Å². The summed E-state index contributed by atoms with van der Waals surface area (Å²) in [5.41, 5.74) is 4.09. The highest BCUT2D eigenvalue weighted by molar-refractivity contribution is 6.32. The maximum absolute atomic E-state index is 12.8. The molecule has 2 amide bonds. The van der Waals surface area contributed by atoms with Crippen molar-refractivity contribution >= 4 is 45.4 Å². The number of fused-ring (bicyclic) bond motifs is 2. The molecule has 206 valence electrons. The van der Waals surface area contributed by atoms with Crippen molar-refractivity contribution in [3.63, 3.8) is 0 Å². The summed E-state index contributed by atoms with van der Waals surface area (Å²) in [6.07, 6.45) is 0.948. The van der Waals surface area contributed by atoms with Crippen LogP contribution in [0.2, 0.25) is 5.15 Å². The highest BCUT2D eigenvalue weighted by Crippen LogP contribution is 2.32. The van der Waals surface area contributed by atoms with E-state index in [0.29, 0.717) is 37.6 Å². The van der Waals surface area contributed by atoms with E-state index in [0.717, 1.165) is 38.6 Å². The molecule has 39 heavy (non-hydrogen) atoms. The number of hydrogen-bond donors (Lipinski definition) is 2. The number of pyridine rings is 1. The van der Waals surface area contributed by atoms with Crippen LogP contribution in [0.4, 0.5) is 4.79 Å². The van der Waals surface area contributed by atoms with E-state index in [-0.39, 0.29) is 17.9 Å². The molecular formula is C31H37ClN4O3. The van der Waals surface area contributed by atoms with Crippen LogP contribution >= 0.6 is 11.6 Å². The lowest BCUT2D eigenvalue weighted by molar-refractivity contribution is -0.126. The van der Waals surface area contributed by atoms with Crippen molar-refractivity contribution in [2.24, 2.45) is 5.92 Å². The zero-order valence-electron chi connectivity index (χ0n) is 23.3. The Bertz CT molecular complexity index is 1470. The zero-order valence-corrected chi connectivity index (χ0v) is 24.1. The average molecular weight is 549 g/mol. The van der Waals surface area contributed by atoms with Crippen molar-refractivity contribution in [2.75, 3.05) is 13.1 Å². The number of benzene rings is 2. The van der Waals surface area contributed by atoms with Crippen molar-refractivity contribution in [3.8, 4) is 11.3 Å². The van der Waals surface area contributed by atoms with Gasteiger partial charge in [0.05, 0.1) is 5.52 Å². The Morgan fingerprint density at radius 1 is 1.05 bits per heavy atom. The Balaban J connectivity index is 0.00000172. The van der Waals surface area contributed by atoms with Gasteiger partial charge in [-0.25, -0.2) is 9.78 Å². The number of amides is 2. The fraction of sp³-hybridized carbons (Fsp3) is 0.387. The van der Waals surface area contributed by atoms with E-state index in [1.54, 1.807) is 4.90 Å². The molecule has 0 spiro atoms. The van der Waals surface area contributed by atoms with Crippen molar-refractivity contribution in [2.45, 2.75) is 59.6 Å². The second-order valence-electron chi connectivity index (χ2n) is 10.6. The fourth-order valence-electron chi connectivity index (χ4n) is 4.70. The maximum Gasteiger partial charge on any atom is 0.410 e. The quantitative estimate of drug-likeness (QED) is 0.261. The Morgan fingerprint density at radius 2 is 1.77 bits per heavy atom. The molecule has 0 atom stereocenters. The molecule has 2 N–H and O–H groups in total. The molecule has 0 unspecified atom stereocenters. The van der Waals surface area contributed by atoms with Crippen LogP contribution in [0.1, 0.15) is 53.0 Å². The number of para-hydroxylation sites is 1. The van der Waals surface area contributed by atoms with E-state index < -0.39 is 5.60 Å². The molecule has 1 fully saturated rings. The minimum absolute atomic E-state index is 0.0210. The van der Waals surface area contributed by atoms with Gasteiger partial charge in [0.15, 0.2) is 0 Å². The molecule has 2 aromatic carbocycles. The van der Waals surface area contributed by atoms with Gasteiger partial charge in [-0.2, -0.15) is 0 Å². The van der Waals surface area contributed by atoms with Crippen LogP contribution in [-0.2, 0) is 16.1 Å². The summed E-state index contributed by atoms with van der Waals surface area (Å²) in [4.78, 5) is 34.7. The monoisotopic (exact) mass is 548 g/mol. The molecule has 5 rings (SSSR count). The fourth-order valence-corrected chi connectivity index (χ4v) is 4.95. The molecule has 1 aliphatic rings. The number of likely N-dealkylation sites (tertiary alicyclic amines) is 1. The van der Waals surface area contributed by atoms with Gasteiger partial charge >= 0.3 is 6.09 Å². The van der Waals surface area contributed by atoms with Gasteiger partial charge in [0.2, 0.25) is 5.91 Å². The standard InChI is InChI=1S/C29H31ClN4O3.C2H6/c1-29(2,3)37-28(36)34-12-10-19(11-13-34)27(35)31-17-18-8-9-24-21(14-18)16-25(32-24)22-15-20-6-4-5-7-23(20)33-26(22)30;1-2/h4-9,14-16,19,32H,10-13,17H2,1-3H3,(H,31,35);1-2H3. The smallest absolute Gasteiger partial charge is 0.410 e. The van der Waals surface area contributed by atoms with E-state index >= 15 is 0 Å². The number of H-pyrrole nitrogens is 1. The second-order valence-corrected chi connectivity index (χ2v) is 10.9. The van der Waals surface area contributed by atoms with Gasteiger partial charge in [0.25, 0.3) is 0 Å². The first-order chi connectivity index (χ1) is 18.7. The number of halogens is 1. The van der Waals surface area contributed by atoms with Gasteiger partial charge in [-0.15, -0.1) is 0 Å². The van der Waals surface area contributed by atoms with Crippen molar-refractivity contribution in [1.29, 1.82) is 0 Å². The number of nitrogens with zero attached hydrogens (tertiary/aromatic N) is 2. The van der Waals surface area contributed by atoms with Crippen LogP contribution in [0.3, 0.4) is 0 Å². The average Bonchev–Trinajstić information content (AvgIpc) is 3.35. The van der Waals surface area contributed by atoms with Gasteiger partial charge in [-0.1, -0.05) is 49.7 Å². The first-order valence-electron chi connectivity index (χ1n) is 13.6. The zero-order chi connectivity index (χ0) is 28.2. The molecule has 7 nitrogen and oxygen atoms in total. The third-order valence-electron chi connectivity index (χ3n) is 6.64. The summed E-state index contributed by atoms with van der Waals surface area (Å²) in [6.45, 7) is 11.1. The molecule has 0 aliphatic carbocycles. The third kappa shape index (κ3) is 6.90. The lowest BCUT2D eigenvalue weighted by Crippen LogP contribution is -2.44. The number of rotatable bonds is 4. The molecule has 1 aliphatic heterocycles. The normalized spacial score (nSPS) is 14.2. The number of nitrogens with one attached hydrogen (secondary N) is 2. The van der Waals surface area contributed by atoms with E-state index in [1.807, 2.05) is 77.1 Å². The number of ether oxygens (including phenoxy) is 1. The van der Waals surface area contributed by atoms with Crippen LogP contribution < -0.4 is 5.32 Å². The Kier molecular flexibility index (Phi) is 8.80. The van der Waals surface area contributed by atoms with E-state index in [2.05, 4.69) is 27.4 Å². The molecule has 0 radical (unpaired) electrons. The largest absolute Gasteiger partial charge is 0.444 e. The van der Waals surface area contributed by atoms with Crippen LogP contribution in [0.15, 0.2) is 54.6 Å². The predicted octanol–water partition coefficient (Wildman–Crippen LogP) is 7.33. The molecule has 8 heteroatoms. The summed E-state index contributed by atoms with van der Waals surface area (Å²) >= 11 is 6.50. The minimum Gasteiger partial charge on any atom is -0.444 e. The van der Waals surface area contributed by atoms with Crippen LogP contribution in [0.5, 0.6) is 0 Å². The summed E-state index contributed by atoms with van der Waals surface area (Å²) in [5.74, 6) is -0.0865. The summed E-state index contributed by atoms with van der Waals surface area (Å²) in [5, 5.41) is 5.59. The number of piperidine rings is 1. The summed E-state index contributed by atoms with van der Waals surface area (Å²) in [6, 6.07) is 18.1. The maximum atomic E-state index is 12.8. The van der Waals surface area contributed by atoms with Crippen LogP contribution in [-0.4, -0.2) is 45.6 Å². The molecule has 2 aromatic heterocycles. The minimum atomic E-state index is -0.523. The van der Waals surface area contributed by atoms with Crippen LogP contribution in [0.25, 0.3) is 33.1 Å². The van der Waals surface area contributed by atoms with Gasteiger partial charge in [-0.05, 0) is 69.5 Å². The van der Waals surface area contributed by atoms with Gasteiger partial charge in [0, 0.05) is 53.1 Å². The number of aromatic amines is 1. The first-order valence-corrected chi connectivity index (χ1v) is 14.0. The first kappa shape index (κ1) is 28.4. The van der Waals surface area contributed by atoms with Crippen molar-refractivity contribution in [3.05, 3.63) is 65.3 Å². The SMILES string of the molecule is CC.CC(C)(C)OC(=O)N1CCC(C(=O)NCc2ccc3[nH]c(-c4cc5ccccc5nc4Cl)cc3c2)CC1. The number of hydrogen-bond acceptors (Lipinski definition) is 4. The molecule has 0 saturated carbocycles. The Labute approximate surface area is 234 Å². The second kappa shape index (κ2) is 12.1. The molecule has 1 saturated heterocycles. The van der Waals surface area contributed by atoms with Gasteiger partial charge < -0.3 is 19.9 Å². The summed E-state index contributed by atoms with van der Waals surface area (Å²) in [7, 11) is 0. The topological polar surface area (TPSA) is 87.3 Å². The van der Waals surface area contributed by atoms with E-state index in [9.17, 15) is 9.59 Å². The van der Waals surface area contributed by atoms with Gasteiger partial charge in [0.1, 0.15) is 10.8 Å². The van der Waals surface area contributed by atoms with E-state index in [4.69, 9.17) is 16.3 Å². The summed E-state index contributed by atoms with van der Waals surface area (Å²) < 4.78 is 5.44. The molecular weight excluding hydrogens is 512 g/mol. The van der Waals surface area contributed by atoms with E-state index in [1.165, 1.54) is 0 Å². The third-order valence-corrected chi connectivity index (χ3v) is 6.93. The highest BCUT2D eigenvalue weighted by atomic mass is 35.5. The molecule has 3 heterocycles. The van der Waals surface area contributed by atoms with Gasteiger partial charge in [-0.3, -0.25) is 4.79 Å². The number of carbonyl (C=O) groups is 2. The lowest BCUT2D eigenvalue weighted by Gasteiger charge is -2.32.